The van der Waals surface area contributed by atoms with E-state index in [1.54, 1.807) is 27.9 Å². The molecule has 2 N–H and O–H groups in total. The number of anilines is 1. The molecule has 2 aromatic heterocycles. The standard InChI is InChI=1S/C24H26N4O2S2/c1-30-19-9-4-3-8-18(19)27-15-13-26(14-16-27)11-6-12-28-23(29)22-21(25-24(28)31)17-7-2-5-10-20(17)32-22/h2-5,7-10H,6,11-16H2,1H3,(H,25,31)/p+1. The van der Waals surface area contributed by atoms with Crippen LogP contribution >= 0.6 is 23.6 Å². The number of benzene rings is 2. The van der Waals surface area contributed by atoms with Crippen LogP contribution in [0.25, 0.3) is 20.3 Å². The van der Waals surface area contributed by atoms with E-state index in [1.165, 1.54) is 5.69 Å². The molecule has 6 nitrogen and oxygen atoms in total. The highest BCUT2D eigenvalue weighted by Gasteiger charge is 2.22. The van der Waals surface area contributed by atoms with Gasteiger partial charge in [-0.15, -0.1) is 11.3 Å². The number of hydrogen-bond donors (Lipinski definition) is 2. The maximum atomic E-state index is 13.1. The van der Waals surface area contributed by atoms with E-state index in [-0.39, 0.29) is 5.56 Å². The zero-order chi connectivity index (χ0) is 22.1. The molecular formula is C24H27N4O2S2+. The zero-order valence-corrected chi connectivity index (χ0v) is 19.7. The first-order valence-electron chi connectivity index (χ1n) is 11.0. The van der Waals surface area contributed by atoms with Crippen molar-refractivity contribution in [2.75, 3.05) is 44.7 Å². The summed E-state index contributed by atoms with van der Waals surface area (Å²) in [6, 6.07) is 16.3. The summed E-state index contributed by atoms with van der Waals surface area (Å²) < 4.78 is 9.64. The van der Waals surface area contributed by atoms with E-state index in [4.69, 9.17) is 17.0 Å². The number of hydrogen-bond acceptors (Lipinski definition) is 5. The van der Waals surface area contributed by atoms with Crippen molar-refractivity contribution < 1.29 is 9.64 Å². The van der Waals surface area contributed by atoms with Crippen LogP contribution in [0.4, 0.5) is 5.69 Å². The predicted octanol–water partition coefficient (Wildman–Crippen LogP) is 3.08. The first kappa shape index (κ1) is 21.2. The van der Waals surface area contributed by atoms with Crippen LogP contribution in [0.3, 0.4) is 0 Å². The van der Waals surface area contributed by atoms with Gasteiger partial charge >= 0.3 is 0 Å². The monoisotopic (exact) mass is 467 g/mol. The molecular weight excluding hydrogens is 440 g/mol. The number of rotatable bonds is 6. The molecule has 1 fully saturated rings. The second kappa shape index (κ2) is 9.05. The van der Waals surface area contributed by atoms with Gasteiger partial charge in [0.2, 0.25) is 0 Å². The fourth-order valence-corrected chi connectivity index (χ4v) is 5.99. The molecule has 32 heavy (non-hydrogen) atoms. The third kappa shape index (κ3) is 3.94. The van der Waals surface area contributed by atoms with Crippen LogP contribution in [0.15, 0.2) is 53.3 Å². The number of nitrogens with zero attached hydrogens (tertiary/aromatic N) is 2. The molecule has 0 radical (unpaired) electrons. The van der Waals surface area contributed by atoms with Crippen molar-refractivity contribution in [1.82, 2.24) is 9.55 Å². The van der Waals surface area contributed by atoms with E-state index in [1.807, 2.05) is 30.3 Å². The van der Waals surface area contributed by atoms with E-state index in [2.05, 4.69) is 28.1 Å². The zero-order valence-electron chi connectivity index (χ0n) is 18.1. The van der Waals surface area contributed by atoms with Crippen LogP contribution < -0.4 is 20.1 Å². The van der Waals surface area contributed by atoms with Crippen LogP contribution in [0.5, 0.6) is 5.75 Å². The number of piperazine rings is 1. The predicted molar refractivity (Wildman–Crippen MR) is 134 cm³/mol. The topological polar surface area (TPSA) is 54.7 Å². The molecule has 166 valence electrons. The fourth-order valence-electron chi connectivity index (χ4n) is 4.60. The molecule has 0 saturated carbocycles. The van der Waals surface area contributed by atoms with E-state index in [9.17, 15) is 4.79 Å². The summed E-state index contributed by atoms with van der Waals surface area (Å²) >= 11 is 7.09. The van der Waals surface area contributed by atoms with E-state index in [0.717, 1.165) is 65.2 Å². The van der Waals surface area contributed by atoms with Crippen LogP contribution in [-0.4, -0.2) is 49.4 Å². The lowest BCUT2D eigenvalue weighted by Crippen LogP contribution is -3.14. The number of H-pyrrole nitrogens is 1. The van der Waals surface area contributed by atoms with Crippen LogP contribution in [0, 0.1) is 4.77 Å². The Morgan fingerprint density at radius 3 is 2.69 bits per heavy atom. The maximum Gasteiger partial charge on any atom is 0.272 e. The van der Waals surface area contributed by atoms with Crippen LogP contribution in [0.2, 0.25) is 0 Å². The van der Waals surface area contributed by atoms with E-state index < -0.39 is 0 Å². The second-order valence-electron chi connectivity index (χ2n) is 8.20. The van der Waals surface area contributed by atoms with Gasteiger partial charge in [-0.1, -0.05) is 30.3 Å². The number of ether oxygens (including phenoxy) is 1. The smallest absolute Gasteiger partial charge is 0.272 e. The summed E-state index contributed by atoms with van der Waals surface area (Å²) in [7, 11) is 1.73. The number of para-hydroxylation sites is 2. The highest BCUT2D eigenvalue weighted by atomic mass is 32.1. The number of nitrogens with one attached hydrogen (secondary N) is 2. The maximum absolute atomic E-state index is 13.1. The molecule has 0 spiro atoms. The third-order valence-electron chi connectivity index (χ3n) is 6.32. The van der Waals surface area contributed by atoms with Crippen molar-refractivity contribution in [2.45, 2.75) is 13.0 Å². The van der Waals surface area contributed by atoms with Gasteiger partial charge < -0.3 is 19.5 Å². The lowest BCUT2D eigenvalue weighted by Gasteiger charge is -2.34. The molecule has 8 heteroatoms. The first-order valence-corrected chi connectivity index (χ1v) is 12.2. The molecule has 2 aromatic carbocycles. The molecule has 0 bridgehead atoms. The lowest BCUT2D eigenvalue weighted by molar-refractivity contribution is -0.900. The number of methoxy groups -OCH3 is 1. The van der Waals surface area contributed by atoms with Crippen molar-refractivity contribution in [2.24, 2.45) is 0 Å². The lowest BCUT2D eigenvalue weighted by atomic mass is 10.2. The molecule has 1 aliphatic rings. The Labute approximate surface area is 195 Å². The van der Waals surface area contributed by atoms with Gasteiger partial charge in [-0.05, 0) is 30.4 Å². The first-order chi connectivity index (χ1) is 15.7. The van der Waals surface area contributed by atoms with Crippen molar-refractivity contribution in [3.63, 3.8) is 0 Å². The van der Waals surface area contributed by atoms with Crippen molar-refractivity contribution in [3.8, 4) is 5.75 Å². The average Bonchev–Trinajstić information content (AvgIpc) is 3.20. The van der Waals surface area contributed by atoms with Crippen molar-refractivity contribution in [1.29, 1.82) is 0 Å². The highest BCUT2D eigenvalue weighted by Crippen LogP contribution is 2.30. The molecule has 0 amide bonds. The van der Waals surface area contributed by atoms with E-state index in [0.29, 0.717) is 11.3 Å². The van der Waals surface area contributed by atoms with Crippen LogP contribution in [-0.2, 0) is 6.54 Å². The number of quaternary nitrogens is 1. The summed E-state index contributed by atoms with van der Waals surface area (Å²) in [6.07, 6.45) is 0.928. The van der Waals surface area contributed by atoms with Gasteiger partial charge in [0.05, 0.1) is 51.0 Å². The Balaban J connectivity index is 1.23. The van der Waals surface area contributed by atoms with Gasteiger partial charge in [0, 0.05) is 23.1 Å². The fraction of sp³-hybridized carbons (Fsp3) is 0.333. The Hall–Kier alpha value is -2.68. The summed E-state index contributed by atoms with van der Waals surface area (Å²) in [5, 5.41) is 1.07. The Morgan fingerprint density at radius 1 is 1.12 bits per heavy atom. The molecule has 1 aliphatic heterocycles. The van der Waals surface area contributed by atoms with Gasteiger partial charge in [0.1, 0.15) is 10.4 Å². The van der Waals surface area contributed by atoms with Crippen LogP contribution in [0.1, 0.15) is 6.42 Å². The quantitative estimate of drug-likeness (QED) is 0.428. The van der Waals surface area contributed by atoms with Gasteiger partial charge in [0.15, 0.2) is 4.77 Å². The Kier molecular flexibility index (Phi) is 5.99. The van der Waals surface area contributed by atoms with Crippen molar-refractivity contribution >= 4 is 49.5 Å². The molecule has 4 aromatic rings. The largest absolute Gasteiger partial charge is 0.495 e. The summed E-state index contributed by atoms with van der Waals surface area (Å²) in [6.45, 7) is 5.85. The minimum Gasteiger partial charge on any atom is -0.495 e. The molecule has 3 heterocycles. The normalized spacial score (nSPS) is 15.0. The number of aromatic amines is 1. The van der Waals surface area contributed by atoms with Crippen molar-refractivity contribution in [3.05, 3.63) is 63.7 Å². The Morgan fingerprint density at radius 2 is 1.88 bits per heavy atom. The SMILES string of the molecule is COc1ccccc1N1CC[NH+](CCCn2c(=S)[nH]c3c(sc4ccccc43)c2=O)CC1. The summed E-state index contributed by atoms with van der Waals surface area (Å²) in [5.74, 6) is 0.932. The molecule has 0 aliphatic carbocycles. The Bertz CT molecular complexity index is 1370. The van der Waals surface area contributed by atoms with Gasteiger partial charge in [-0.2, -0.15) is 0 Å². The highest BCUT2D eigenvalue weighted by molar-refractivity contribution is 7.71. The minimum absolute atomic E-state index is 0.0286. The van der Waals surface area contributed by atoms with E-state index >= 15 is 0 Å². The summed E-state index contributed by atoms with van der Waals surface area (Å²) in [5.41, 5.74) is 2.07. The van der Waals surface area contributed by atoms with Gasteiger partial charge in [0.25, 0.3) is 5.56 Å². The average molecular weight is 468 g/mol. The molecule has 1 saturated heterocycles. The number of thiophene rings is 1. The number of fused-ring (bicyclic) bond motifs is 3. The second-order valence-corrected chi connectivity index (χ2v) is 9.64. The van der Waals surface area contributed by atoms with Gasteiger partial charge in [-0.25, -0.2) is 0 Å². The van der Waals surface area contributed by atoms with Gasteiger partial charge in [-0.3, -0.25) is 9.36 Å². The third-order valence-corrected chi connectivity index (χ3v) is 7.80. The minimum atomic E-state index is 0.0286. The summed E-state index contributed by atoms with van der Waals surface area (Å²) in [4.78, 5) is 20.4. The molecule has 5 rings (SSSR count). The molecule has 0 atom stereocenters. The molecule has 0 unspecified atom stereocenters. The number of aromatic nitrogens is 2.